The van der Waals surface area contributed by atoms with Gasteiger partial charge in [-0.05, 0) is 83.7 Å². The molecule has 2 heterocycles. The fraction of sp³-hybridized carbons (Fsp3) is 0.455. The van der Waals surface area contributed by atoms with Gasteiger partial charge in [0.05, 0.1) is 3.70 Å². The van der Waals surface area contributed by atoms with Gasteiger partial charge in [0.2, 0.25) is 0 Å². The summed E-state index contributed by atoms with van der Waals surface area (Å²) >= 11 is 4.91. The van der Waals surface area contributed by atoms with Crippen molar-refractivity contribution >= 4 is 45.2 Å². The number of allylic oxidation sites excluding steroid dienone is 2. The van der Waals surface area contributed by atoms with Crippen molar-refractivity contribution in [2.75, 3.05) is 0 Å². The van der Waals surface area contributed by atoms with Crippen LogP contribution in [0.25, 0.3) is 0 Å². The van der Waals surface area contributed by atoms with E-state index in [1.807, 2.05) is 0 Å². The summed E-state index contributed by atoms with van der Waals surface area (Å²) in [5.74, 6) is 0. The summed E-state index contributed by atoms with van der Waals surface area (Å²) in [5.41, 5.74) is 3.13. The molecule has 0 aromatic carbocycles. The third-order valence-electron chi connectivity index (χ3n) is 2.89. The standard InChI is InChI=1S/C11H13I2N/c1-7-6-14-8(4-5-9(14)12)11(2,3)10(7)13/h4-5H,6H2,1-3H3. The molecule has 1 aliphatic heterocycles. The minimum Gasteiger partial charge on any atom is -0.335 e. The van der Waals surface area contributed by atoms with Crippen LogP contribution in [0, 0.1) is 3.70 Å². The number of hydrogen-bond acceptors (Lipinski definition) is 0. The van der Waals surface area contributed by atoms with Crippen molar-refractivity contribution < 1.29 is 0 Å². The Morgan fingerprint density at radius 3 is 2.57 bits per heavy atom. The van der Waals surface area contributed by atoms with E-state index in [0.717, 1.165) is 6.54 Å². The largest absolute Gasteiger partial charge is 0.335 e. The monoisotopic (exact) mass is 413 g/mol. The summed E-state index contributed by atoms with van der Waals surface area (Å²) in [6.45, 7) is 7.91. The molecule has 0 fully saturated rings. The number of fused-ring (bicyclic) bond motifs is 1. The summed E-state index contributed by atoms with van der Waals surface area (Å²) in [7, 11) is 0. The van der Waals surface area contributed by atoms with E-state index in [4.69, 9.17) is 0 Å². The molecule has 0 aliphatic carbocycles. The van der Waals surface area contributed by atoms with Gasteiger partial charge >= 0.3 is 0 Å². The highest BCUT2D eigenvalue weighted by Gasteiger charge is 2.32. The Morgan fingerprint density at radius 1 is 1.29 bits per heavy atom. The molecule has 1 aromatic heterocycles. The van der Waals surface area contributed by atoms with Crippen LogP contribution in [-0.4, -0.2) is 4.57 Å². The minimum absolute atomic E-state index is 0.187. The number of hydrogen-bond donors (Lipinski definition) is 0. The number of rotatable bonds is 0. The van der Waals surface area contributed by atoms with Crippen molar-refractivity contribution in [1.29, 1.82) is 0 Å². The van der Waals surface area contributed by atoms with Crippen molar-refractivity contribution in [3.05, 3.63) is 30.7 Å². The van der Waals surface area contributed by atoms with Crippen molar-refractivity contribution in [3.63, 3.8) is 0 Å². The quantitative estimate of drug-likeness (QED) is 0.565. The molecule has 0 spiro atoms. The second kappa shape index (κ2) is 3.50. The van der Waals surface area contributed by atoms with Crippen LogP contribution in [0.5, 0.6) is 0 Å². The summed E-state index contributed by atoms with van der Waals surface area (Å²) in [5, 5.41) is 0. The molecule has 0 N–H and O–H groups in total. The summed E-state index contributed by atoms with van der Waals surface area (Å²) in [4.78, 5) is 0. The molecule has 1 nitrogen and oxygen atoms in total. The molecule has 0 atom stereocenters. The highest BCUT2D eigenvalue weighted by molar-refractivity contribution is 14.1. The second-order valence-corrected chi connectivity index (χ2v) is 6.53. The van der Waals surface area contributed by atoms with Crippen LogP contribution in [-0.2, 0) is 12.0 Å². The first-order valence-corrected chi connectivity index (χ1v) is 6.81. The maximum atomic E-state index is 2.50. The van der Waals surface area contributed by atoms with Gasteiger partial charge in [0.1, 0.15) is 0 Å². The van der Waals surface area contributed by atoms with E-state index in [9.17, 15) is 0 Å². The third kappa shape index (κ3) is 1.47. The summed E-state index contributed by atoms with van der Waals surface area (Å²) in [6, 6.07) is 4.47. The van der Waals surface area contributed by atoms with Gasteiger partial charge in [0.15, 0.2) is 0 Å². The molecule has 0 bridgehead atoms. The van der Waals surface area contributed by atoms with Crippen molar-refractivity contribution in [2.45, 2.75) is 32.7 Å². The average Bonchev–Trinajstić information content (AvgIpc) is 2.46. The molecule has 3 heteroatoms. The number of aromatic nitrogens is 1. The van der Waals surface area contributed by atoms with E-state index in [0.29, 0.717) is 0 Å². The lowest BCUT2D eigenvalue weighted by molar-refractivity contribution is 0.539. The Labute approximate surface area is 112 Å². The van der Waals surface area contributed by atoms with Gasteiger partial charge in [-0.1, -0.05) is 0 Å². The number of halogens is 2. The van der Waals surface area contributed by atoms with Crippen LogP contribution >= 0.6 is 45.2 Å². The molecular weight excluding hydrogens is 400 g/mol. The lowest BCUT2D eigenvalue weighted by atomic mass is 9.85. The van der Waals surface area contributed by atoms with Gasteiger partial charge in [-0.3, -0.25) is 0 Å². The van der Waals surface area contributed by atoms with Gasteiger partial charge in [0, 0.05) is 21.2 Å². The molecule has 0 amide bonds. The topological polar surface area (TPSA) is 4.93 Å². The molecule has 0 unspecified atom stereocenters. The zero-order chi connectivity index (χ0) is 10.5. The van der Waals surface area contributed by atoms with Crippen LogP contribution in [0.2, 0.25) is 0 Å². The Morgan fingerprint density at radius 2 is 1.93 bits per heavy atom. The predicted molar refractivity (Wildman–Crippen MR) is 76.9 cm³/mol. The Balaban J connectivity index is 2.65. The van der Waals surface area contributed by atoms with E-state index < -0.39 is 0 Å². The maximum absolute atomic E-state index is 2.50. The van der Waals surface area contributed by atoms with E-state index >= 15 is 0 Å². The van der Waals surface area contributed by atoms with Crippen LogP contribution in [0.4, 0.5) is 0 Å². The van der Waals surface area contributed by atoms with E-state index in [2.05, 4.69) is 82.7 Å². The molecule has 1 aromatic rings. The first-order chi connectivity index (χ1) is 6.44. The molecule has 14 heavy (non-hydrogen) atoms. The van der Waals surface area contributed by atoms with Gasteiger partial charge in [-0.15, -0.1) is 0 Å². The summed E-state index contributed by atoms with van der Waals surface area (Å²) in [6.07, 6.45) is 0. The Hall–Kier alpha value is 0.480. The lowest BCUT2D eigenvalue weighted by Crippen LogP contribution is -2.28. The highest BCUT2D eigenvalue weighted by Crippen LogP contribution is 2.42. The van der Waals surface area contributed by atoms with E-state index in [-0.39, 0.29) is 5.41 Å². The smallest absolute Gasteiger partial charge is 0.0803 e. The first-order valence-electron chi connectivity index (χ1n) is 4.66. The summed E-state index contributed by atoms with van der Waals surface area (Å²) < 4.78 is 5.25. The highest BCUT2D eigenvalue weighted by atomic mass is 127. The molecule has 76 valence electrons. The van der Waals surface area contributed by atoms with Crippen LogP contribution < -0.4 is 0 Å². The fourth-order valence-electron chi connectivity index (χ4n) is 2.10. The Bertz CT molecular complexity index is 413. The molecule has 1 aliphatic rings. The van der Waals surface area contributed by atoms with Crippen molar-refractivity contribution in [2.24, 2.45) is 0 Å². The molecule has 0 radical (unpaired) electrons. The second-order valence-electron chi connectivity index (χ2n) is 4.35. The minimum atomic E-state index is 0.187. The van der Waals surface area contributed by atoms with Gasteiger partial charge in [-0.25, -0.2) is 0 Å². The zero-order valence-electron chi connectivity index (χ0n) is 8.56. The normalized spacial score (nSPS) is 19.8. The lowest BCUT2D eigenvalue weighted by Gasteiger charge is -2.33. The molecular formula is C11H13I2N. The SMILES string of the molecule is CC1=C(I)C(C)(C)c2ccc(I)n2C1. The average molecular weight is 413 g/mol. The third-order valence-corrected chi connectivity index (χ3v) is 6.10. The van der Waals surface area contributed by atoms with Gasteiger partial charge in [0.25, 0.3) is 0 Å². The van der Waals surface area contributed by atoms with E-state index in [1.54, 1.807) is 0 Å². The zero-order valence-corrected chi connectivity index (χ0v) is 12.9. The van der Waals surface area contributed by atoms with Crippen molar-refractivity contribution in [3.8, 4) is 0 Å². The maximum Gasteiger partial charge on any atom is 0.0803 e. The van der Waals surface area contributed by atoms with Crippen LogP contribution in [0.3, 0.4) is 0 Å². The van der Waals surface area contributed by atoms with E-state index in [1.165, 1.54) is 18.5 Å². The van der Waals surface area contributed by atoms with Gasteiger partial charge in [-0.2, -0.15) is 0 Å². The fourth-order valence-corrected chi connectivity index (χ4v) is 3.16. The molecule has 0 saturated carbocycles. The molecule has 0 saturated heterocycles. The number of nitrogens with zero attached hydrogens (tertiary/aromatic N) is 1. The predicted octanol–water partition coefficient (Wildman–Crippen LogP) is 4.09. The van der Waals surface area contributed by atoms with Gasteiger partial charge < -0.3 is 4.57 Å². The first kappa shape index (κ1) is 11.0. The van der Waals surface area contributed by atoms with Crippen LogP contribution in [0.15, 0.2) is 21.3 Å². The molecule has 2 rings (SSSR count). The van der Waals surface area contributed by atoms with Crippen molar-refractivity contribution in [1.82, 2.24) is 4.57 Å². The Kier molecular flexibility index (Phi) is 2.75. The van der Waals surface area contributed by atoms with Crippen LogP contribution in [0.1, 0.15) is 26.5 Å².